The van der Waals surface area contributed by atoms with Crippen molar-refractivity contribution >= 4 is 11.8 Å². The molecule has 0 saturated heterocycles. The van der Waals surface area contributed by atoms with E-state index in [1.807, 2.05) is 13.8 Å². The predicted octanol–water partition coefficient (Wildman–Crippen LogP) is 4.04. The fourth-order valence-corrected chi connectivity index (χ4v) is 3.72. The van der Waals surface area contributed by atoms with Gasteiger partial charge in [0.05, 0.1) is 25.3 Å². The molecule has 33 heavy (non-hydrogen) atoms. The minimum Gasteiger partial charge on any atom is -0.477 e. The normalized spacial score (nSPS) is 20.0. The lowest BCUT2D eigenvalue weighted by atomic mass is 9.73. The van der Waals surface area contributed by atoms with Gasteiger partial charge in [0.25, 0.3) is 0 Å². The lowest BCUT2D eigenvalue weighted by Crippen LogP contribution is -2.41. The number of nitriles is 1. The summed E-state index contributed by atoms with van der Waals surface area (Å²) in [6.07, 6.45) is -0.782. The highest BCUT2D eigenvalue weighted by Crippen LogP contribution is 2.37. The van der Waals surface area contributed by atoms with Gasteiger partial charge in [0, 0.05) is 24.3 Å². The van der Waals surface area contributed by atoms with E-state index < -0.39 is 19.2 Å². The van der Waals surface area contributed by atoms with Crippen LogP contribution >= 0.6 is 0 Å². The van der Waals surface area contributed by atoms with Crippen LogP contribution in [0, 0.1) is 16.7 Å². The van der Waals surface area contributed by atoms with E-state index in [0.717, 1.165) is 12.8 Å². The molecule has 0 aliphatic heterocycles. The Bertz CT molecular complexity index is 993. The van der Waals surface area contributed by atoms with E-state index in [-0.39, 0.29) is 35.9 Å². The Hall–Kier alpha value is -3.13. The lowest BCUT2D eigenvalue weighted by Gasteiger charge is -2.40. The average molecular weight is 464 g/mol. The number of aromatic nitrogens is 3. The van der Waals surface area contributed by atoms with Crippen molar-refractivity contribution in [3.63, 3.8) is 0 Å². The number of nitrogens with zero attached hydrogens (tertiary/aromatic N) is 4. The van der Waals surface area contributed by atoms with Crippen LogP contribution in [0.1, 0.15) is 50.7 Å². The van der Waals surface area contributed by atoms with Crippen LogP contribution in [0.5, 0.6) is 5.88 Å². The van der Waals surface area contributed by atoms with E-state index in [0.29, 0.717) is 23.4 Å². The van der Waals surface area contributed by atoms with Crippen molar-refractivity contribution in [1.82, 2.24) is 15.0 Å². The summed E-state index contributed by atoms with van der Waals surface area (Å²) < 4.78 is 42.4. The Balaban J connectivity index is 1.66. The molecule has 0 radical (unpaired) electrons. The number of pyridine rings is 1. The topological polar surface area (TPSA) is 116 Å². The molecule has 0 amide bonds. The summed E-state index contributed by atoms with van der Waals surface area (Å²) in [5.74, 6) is 0.737. The van der Waals surface area contributed by atoms with Gasteiger partial charge in [-0.05, 0) is 30.7 Å². The predicted molar refractivity (Wildman–Crippen MR) is 116 cm³/mol. The van der Waals surface area contributed by atoms with Crippen LogP contribution in [0.2, 0.25) is 0 Å². The molecule has 1 aliphatic rings. The summed E-state index contributed by atoms with van der Waals surface area (Å²) in [4.78, 5) is 12.6. The van der Waals surface area contributed by atoms with E-state index in [2.05, 4.69) is 31.7 Å². The molecule has 1 aliphatic carbocycles. The largest absolute Gasteiger partial charge is 0.477 e. The molecule has 3 rings (SSSR count). The van der Waals surface area contributed by atoms with Gasteiger partial charge < -0.3 is 20.5 Å². The van der Waals surface area contributed by atoms with E-state index >= 15 is 0 Å². The van der Waals surface area contributed by atoms with Crippen LogP contribution in [0.15, 0.2) is 24.5 Å². The maximum Gasteiger partial charge on any atom is 0.392 e. The monoisotopic (exact) mass is 464 g/mol. The lowest BCUT2D eigenvalue weighted by molar-refractivity contribution is -0.139. The molecule has 0 bridgehead atoms. The highest BCUT2D eigenvalue weighted by molar-refractivity contribution is 5.54. The Morgan fingerprint density at radius 1 is 1.30 bits per heavy atom. The molecule has 2 aromatic rings. The SMILES string of the molecule is CC1(C)C[C@H](Nc2nc(NCc3cccnc3OCCC(F)(F)F)ncc2C#N)CC[C@@H]1O. The van der Waals surface area contributed by atoms with Crippen LogP contribution in [-0.4, -0.2) is 45.0 Å². The average Bonchev–Trinajstić information content (AvgIpc) is 2.75. The Morgan fingerprint density at radius 3 is 2.79 bits per heavy atom. The van der Waals surface area contributed by atoms with Gasteiger partial charge >= 0.3 is 6.18 Å². The number of hydrogen-bond donors (Lipinski definition) is 3. The molecule has 0 aromatic carbocycles. The third-order valence-electron chi connectivity index (χ3n) is 5.62. The van der Waals surface area contributed by atoms with Gasteiger partial charge in [0.1, 0.15) is 17.5 Å². The maximum absolute atomic E-state index is 12.4. The number of hydrogen-bond acceptors (Lipinski definition) is 8. The Labute approximate surface area is 190 Å². The van der Waals surface area contributed by atoms with Crippen LogP contribution in [0.25, 0.3) is 0 Å². The number of ether oxygens (including phenoxy) is 1. The number of halogens is 3. The summed E-state index contributed by atoms with van der Waals surface area (Å²) >= 11 is 0. The quantitative estimate of drug-likeness (QED) is 0.536. The zero-order valence-electron chi connectivity index (χ0n) is 18.5. The van der Waals surface area contributed by atoms with Gasteiger partial charge in [-0.25, -0.2) is 9.97 Å². The maximum atomic E-state index is 12.4. The van der Waals surface area contributed by atoms with Crippen LogP contribution in [0.4, 0.5) is 24.9 Å². The van der Waals surface area contributed by atoms with Crippen molar-refractivity contribution in [2.45, 2.75) is 64.4 Å². The standard InChI is InChI=1S/C22H27F3N6O2/c1-21(2)10-16(5-6-17(21)32)30-18-15(11-26)13-29-20(31-18)28-12-14-4-3-8-27-19(14)33-9-7-22(23,24)25/h3-4,8,13,16-17,32H,5-7,9-10,12H2,1-2H3,(H2,28,29,30,31)/t16-,17+/m1/s1. The number of aliphatic hydroxyl groups is 1. The van der Waals surface area contributed by atoms with Gasteiger partial charge in [-0.2, -0.15) is 23.4 Å². The molecule has 2 atom stereocenters. The Kier molecular flexibility index (Phi) is 7.58. The molecule has 1 fully saturated rings. The van der Waals surface area contributed by atoms with E-state index in [1.54, 1.807) is 12.1 Å². The fraction of sp³-hybridized carbons (Fsp3) is 0.545. The second-order valence-corrected chi connectivity index (χ2v) is 8.73. The number of anilines is 2. The molecule has 2 aromatic heterocycles. The first-order valence-electron chi connectivity index (χ1n) is 10.7. The fourth-order valence-electron chi connectivity index (χ4n) is 3.72. The summed E-state index contributed by atoms with van der Waals surface area (Å²) in [6, 6.07) is 5.45. The molecule has 0 spiro atoms. The number of alkyl halides is 3. The Morgan fingerprint density at radius 2 is 2.09 bits per heavy atom. The van der Waals surface area contributed by atoms with E-state index in [4.69, 9.17) is 4.74 Å². The van der Waals surface area contributed by atoms with Gasteiger partial charge in [-0.3, -0.25) is 0 Å². The molecular formula is C22H27F3N6O2. The first kappa shape index (κ1) is 24.5. The first-order chi connectivity index (χ1) is 15.6. The van der Waals surface area contributed by atoms with E-state index in [1.165, 1.54) is 12.4 Å². The van der Waals surface area contributed by atoms with Crippen LogP contribution in [0.3, 0.4) is 0 Å². The van der Waals surface area contributed by atoms with Crippen molar-refractivity contribution in [2.24, 2.45) is 5.41 Å². The second-order valence-electron chi connectivity index (χ2n) is 8.73. The zero-order valence-corrected chi connectivity index (χ0v) is 18.5. The zero-order chi connectivity index (χ0) is 24.1. The van der Waals surface area contributed by atoms with Crippen molar-refractivity contribution in [3.05, 3.63) is 35.7 Å². The molecule has 3 N–H and O–H groups in total. The molecular weight excluding hydrogens is 437 g/mol. The van der Waals surface area contributed by atoms with Crippen LogP contribution < -0.4 is 15.4 Å². The second kappa shape index (κ2) is 10.2. The third kappa shape index (κ3) is 6.92. The summed E-state index contributed by atoms with van der Waals surface area (Å²) in [6.45, 7) is 3.66. The molecule has 2 heterocycles. The van der Waals surface area contributed by atoms with Gasteiger partial charge in [-0.1, -0.05) is 19.9 Å². The summed E-state index contributed by atoms with van der Waals surface area (Å²) in [5, 5.41) is 25.9. The minimum absolute atomic E-state index is 0.0465. The summed E-state index contributed by atoms with van der Waals surface area (Å²) in [5.41, 5.74) is 0.590. The highest BCUT2D eigenvalue weighted by atomic mass is 19.4. The summed E-state index contributed by atoms with van der Waals surface area (Å²) in [7, 11) is 0. The van der Waals surface area contributed by atoms with Gasteiger partial charge in [0.15, 0.2) is 0 Å². The van der Waals surface area contributed by atoms with Crippen molar-refractivity contribution in [2.75, 3.05) is 17.2 Å². The third-order valence-corrected chi connectivity index (χ3v) is 5.62. The minimum atomic E-state index is -4.31. The number of aliphatic hydroxyl groups excluding tert-OH is 1. The van der Waals surface area contributed by atoms with Crippen molar-refractivity contribution < 1.29 is 23.0 Å². The molecule has 178 valence electrons. The number of rotatable bonds is 8. The van der Waals surface area contributed by atoms with Crippen molar-refractivity contribution in [3.8, 4) is 11.9 Å². The molecule has 11 heteroatoms. The number of nitrogens with one attached hydrogen (secondary N) is 2. The first-order valence-corrected chi connectivity index (χ1v) is 10.7. The highest BCUT2D eigenvalue weighted by Gasteiger charge is 2.36. The van der Waals surface area contributed by atoms with E-state index in [9.17, 15) is 23.5 Å². The van der Waals surface area contributed by atoms with Crippen molar-refractivity contribution in [1.29, 1.82) is 5.26 Å². The molecule has 8 nitrogen and oxygen atoms in total. The van der Waals surface area contributed by atoms with Gasteiger partial charge in [0.2, 0.25) is 11.8 Å². The van der Waals surface area contributed by atoms with Crippen LogP contribution in [-0.2, 0) is 6.54 Å². The molecule has 0 unspecified atom stereocenters. The van der Waals surface area contributed by atoms with Gasteiger partial charge in [-0.15, -0.1) is 0 Å². The smallest absolute Gasteiger partial charge is 0.392 e. The molecule has 1 saturated carbocycles.